The number of rotatable bonds is 4. The van der Waals surface area contributed by atoms with Gasteiger partial charge in [0.15, 0.2) is 0 Å². The minimum absolute atomic E-state index is 0.0270. The molecule has 0 aliphatic carbocycles. The van der Waals surface area contributed by atoms with E-state index >= 15 is 0 Å². The van der Waals surface area contributed by atoms with Gasteiger partial charge < -0.3 is 4.74 Å². The lowest BCUT2D eigenvalue weighted by molar-refractivity contribution is 0.550. The molecule has 3 aromatic rings. The highest BCUT2D eigenvalue weighted by atomic mass is 79.9. The molecule has 0 saturated heterocycles. The fraction of sp³-hybridized carbons (Fsp3) is 0.0500. The predicted octanol–water partition coefficient (Wildman–Crippen LogP) is 4.97. The molecule has 0 heterocycles. The van der Waals surface area contributed by atoms with E-state index in [9.17, 15) is 8.42 Å². The van der Waals surface area contributed by atoms with Gasteiger partial charge in [-0.1, -0.05) is 46.3 Å². The number of hydrogen-bond acceptors (Lipinski definition) is 3. The quantitative estimate of drug-likeness (QED) is 0.434. The van der Waals surface area contributed by atoms with Crippen molar-refractivity contribution in [2.45, 2.75) is 11.8 Å². The molecule has 0 fully saturated rings. The van der Waals surface area contributed by atoms with Crippen LogP contribution < -0.4 is 4.74 Å². The number of sulfonamides is 1. The normalized spacial score (nSPS) is 12.0. The first-order chi connectivity index (χ1) is 12.4. The highest BCUT2D eigenvalue weighted by Crippen LogP contribution is 2.20. The Labute approximate surface area is 161 Å². The molecule has 0 aliphatic heterocycles. The van der Waals surface area contributed by atoms with Crippen molar-refractivity contribution in [1.29, 1.82) is 0 Å². The molecule has 26 heavy (non-hydrogen) atoms. The van der Waals surface area contributed by atoms with Crippen molar-refractivity contribution in [2.75, 3.05) is 0 Å². The molecular formula is C20H16BrNO3S. The summed E-state index contributed by atoms with van der Waals surface area (Å²) in [5.41, 5.74) is 1.58. The topological polar surface area (TPSA) is 55.7 Å². The maximum Gasteiger partial charge on any atom is 0.285 e. The summed E-state index contributed by atoms with van der Waals surface area (Å²) in [5.74, 6) is 0.553. The molecule has 0 unspecified atom stereocenters. The van der Waals surface area contributed by atoms with E-state index in [-0.39, 0.29) is 10.8 Å². The van der Waals surface area contributed by atoms with Crippen LogP contribution in [0.3, 0.4) is 0 Å². The van der Waals surface area contributed by atoms with Crippen LogP contribution in [0, 0.1) is 6.92 Å². The second kappa shape index (κ2) is 7.85. The van der Waals surface area contributed by atoms with Gasteiger partial charge in [0.2, 0.25) is 5.90 Å². The van der Waals surface area contributed by atoms with Crippen molar-refractivity contribution in [3.8, 4) is 5.75 Å². The van der Waals surface area contributed by atoms with Gasteiger partial charge in [0.05, 0.1) is 4.90 Å². The van der Waals surface area contributed by atoms with E-state index in [2.05, 4.69) is 20.3 Å². The van der Waals surface area contributed by atoms with Gasteiger partial charge in [-0.3, -0.25) is 0 Å². The molecule has 0 spiro atoms. The zero-order valence-electron chi connectivity index (χ0n) is 14.0. The van der Waals surface area contributed by atoms with Crippen LogP contribution in [0.15, 0.2) is 92.6 Å². The van der Waals surface area contributed by atoms with Gasteiger partial charge in [-0.05, 0) is 61.0 Å². The summed E-state index contributed by atoms with van der Waals surface area (Å²) in [4.78, 5) is 0.0990. The minimum Gasteiger partial charge on any atom is -0.438 e. The first-order valence-electron chi connectivity index (χ1n) is 7.84. The Kier molecular flexibility index (Phi) is 5.54. The lowest BCUT2D eigenvalue weighted by Crippen LogP contribution is -2.13. The van der Waals surface area contributed by atoms with E-state index in [4.69, 9.17) is 4.74 Å². The third kappa shape index (κ3) is 4.59. The van der Waals surface area contributed by atoms with Crippen LogP contribution in [0.2, 0.25) is 0 Å². The van der Waals surface area contributed by atoms with Crippen LogP contribution >= 0.6 is 15.9 Å². The van der Waals surface area contributed by atoms with Gasteiger partial charge in [0, 0.05) is 10.0 Å². The summed E-state index contributed by atoms with van der Waals surface area (Å²) in [6.07, 6.45) is 0. The van der Waals surface area contributed by atoms with Crippen molar-refractivity contribution < 1.29 is 13.2 Å². The monoisotopic (exact) mass is 429 g/mol. The van der Waals surface area contributed by atoms with Crippen molar-refractivity contribution in [2.24, 2.45) is 4.40 Å². The molecule has 0 atom stereocenters. The molecule has 132 valence electrons. The van der Waals surface area contributed by atoms with E-state index < -0.39 is 10.0 Å². The van der Waals surface area contributed by atoms with Crippen molar-refractivity contribution in [3.63, 3.8) is 0 Å². The average Bonchev–Trinajstić information content (AvgIpc) is 2.62. The van der Waals surface area contributed by atoms with Crippen LogP contribution in [-0.4, -0.2) is 14.3 Å². The summed E-state index contributed by atoms with van der Waals surface area (Å²) >= 11 is 3.30. The molecule has 0 bridgehead atoms. The Bertz CT molecular complexity index is 1030. The predicted molar refractivity (Wildman–Crippen MR) is 106 cm³/mol. The largest absolute Gasteiger partial charge is 0.438 e. The molecule has 3 rings (SSSR count). The fourth-order valence-electron chi connectivity index (χ4n) is 2.27. The van der Waals surface area contributed by atoms with E-state index in [0.717, 1.165) is 10.0 Å². The zero-order chi connectivity index (χ0) is 18.6. The van der Waals surface area contributed by atoms with Gasteiger partial charge in [-0.2, -0.15) is 8.42 Å². The third-order valence-corrected chi connectivity index (χ3v) is 5.34. The molecule has 6 heteroatoms. The SMILES string of the molecule is Cc1cccc(O/C(=N/S(=O)(=O)c2ccc(Br)cc2)c2ccccc2)c1. The van der Waals surface area contributed by atoms with Crippen LogP contribution in [-0.2, 0) is 10.0 Å². The van der Waals surface area contributed by atoms with Gasteiger partial charge in [-0.25, -0.2) is 0 Å². The highest BCUT2D eigenvalue weighted by Gasteiger charge is 2.17. The second-order valence-electron chi connectivity index (χ2n) is 5.61. The van der Waals surface area contributed by atoms with Crippen molar-refractivity contribution in [1.82, 2.24) is 0 Å². The number of ether oxygens (including phenoxy) is 1. The Hall–Kier alpha value is -2.44. The number of nitrogens with zero attached hydrogens (tertiary/aromatic N) is 1. The van der Waals surface area contributed by atoms with E-state index in [1.807, 2.05) is 31.2 Å². The Morgan fingerprint density at radius 2 is 1.62 bits per heavy atom. The Morgan fingerprint density at radius 3 is 2.27 bits per heavy atom. The maximum absolute atomic E-state index is 12.7. The molecule has 0 N–H and O–H groups in total. The second-order valence-corrected chi connectivity index (χ2v) is 8.13. The molecule has 0 aromatic heterocycles. The first-order valence-corrected chi connectivity index (χ1v) is 10.1. The molecule has 0 saturated carbocycles. The summed E-state index contributed by atoms with van der Waals surface area (Å²) in [7, 11) is -3.91. The summed E-state index contributed by atoms with van der Waals surface area (Å²) < 4.78 is 36.0. The van der Waals surface area contributed by atoms with E-state index in [1.54, 1.807) is 42.5 Å². The number of hydrogen-bond donors (Lipinski definition) is 0. The molecular weight excluding hydrogens is 414 g/mol. The zero-order valence-corrected chi connectivity index (χ0v) is 16.4. The minimum atomic E-state index is -3.91. The lowest BCUT2D eigenvalue weighted by atomic mass is 10.2. The molecule has 4 nitrogen and oxygen atoms in total. The lowest BCUT2D eigenvalue weighted by Gasteiger charge is -2.10. The summed E-state index contributed by atoms with van der Waals surface area (Å²) in [5, 5.41) is 0. The molecule has 0 aliphatic rings. The number of benzene rings is 3. The van der Waals surface area contributed by atoms with Crippen LogP contribution in [0.4, 0.5) is 0 Å². The average molecular weight is 430 g/mol. The van der Waals surface area contributed by atoms with Gasteiger partial charge in [-0.15, -0.1) is 4.40 Å². The fourth-order valence-corrected chi connectivity index (χ4v) is 3.48. The Morgan fingerprint density at radius 1 is 0.923 bits per heavy atom. The third-order valence-electron chi connectivity index (χ3n) is 3.54. The number of halogens is 1. The highest BCUT2D eigenvalue weighted by molar-refractivity contribution is 9.10. The van der Waals surface area contributed by atoms with Gasteiger partial charge in [0.1, 0.15) is 5.75 Å². The smallest absolute Gasteiger partial charge is 0.285 e. The molecule has 0 radical (unpaired) electrons. The first kappa shape index (κ1) is 18.4. The van der Waals surface area contributed by atoms with Crippen LogP contribution in [0.1, 0.15) is 11.1 Å². The van der Waals surface area contributed by atoms with E-state index in [0.29, 0.717) is 11.3 Å². The number of aryl methyl sites for hydroxylation is 1. The summed E-state index contributed by atoms with van der Waals surface area (Å²) in [6.45, 7) is 1.94. The van der Waals surface area contributed by atoms with E-state index in [1.165, 1.54) is 12.1 Å². The van der Waals surface area contributed by atoms with Gasteiger partial charge in [0.25, 0.3) is 10.0 Å². The van der Waals surface area contributed by atoms with Crippen molar-refractivity contribution >= 4 is 31.9 Å². The molecule has 3 aromatic carbocycles. The van der Waals surface area contributed by atoms with Gasteiger partial charge >= 0.3 is 0 Å². The maximum atomic E-state index is 12.7. The Balaban J connectivity index is 2.05. The summed E-state index contributed by atoms with van der Waals surface area (Å²) in [6, 6.07) is 22.6. The van der Waals surface area contributed by atoms with Crippen LogP contribution in [0.25, 0.3) is 0 Å². The standard InChI is InChI=1S/C20H16BrNO3S/c1-15-6-5-9-18(14-15)25-20(16-7-3-2-4-8-16)22-26(23,24)19-12-10-17(21)11-13-19/h2-14H,1H3/b22-20+. The molecule has 0 amide bonds. The van der Waals surface area contributed by atoms with Crippen molar-refractivity contribution in [3.05, 3.63) is 94.5 Å². The van der Waals surface area contributed by atoms with Crippen LogP contribution in [0.5, 0.6) is 5.75 Å².